The number of carbonyl (C=O) groups excluding carboxylic acids is 1. The monoisotopic (exact) mass is 257 g/mol. The van der Waals surface area contributed by atoms with Gasteiger partial charge in [-0.25, -0.2) is 0 Å². The van der Waals surface area contributed by atoms with Crippen molar-refractivity contribution in [3.63, 3.8) is 0 Å². The molecule has 0 aliphatic rings. The topological polar surface area (TPSA) is 58.6 Å². The molecule has 0 bridgehead atoms. The van der Waals surface area contributed by atoms with Crippen LogP contribution in [0.1, 0.15) is 12.5 Å². The van der Waals surface area contributed by atoms with E-state index in [0.29, 0.717) is 10.8 Å². The Kier molecular flexibility index (Phi) is 5.25. The van der Waals surface area contributed by atoms with Gasteiger partial charge in [-0.2, -0.15) is 0 Å². The summed E-state index contributed by atoms with van der Waals surface area (Å²) in [6.07, 6.45) is 0. The van der Waals surface area contributed by atoms with E-state index in [4.69, 9.17) is 21.4 Å². The molecule has 0 spiro atoms. The predicted octanol–water partition coefficient (Wildman–Crippen LogP) is 1.52. The van der Waals surface area contributed by atoms with Crippen LogP contribution in [-0.2, 0) is 4.79 Å². The van der Waals surface area contributed by atoms with E-state index in [0.717, 1.165) is 5.56 Å². The second-order valence-corrected chi connectivity index (χ2v) is 4.23. The van der Waals surface area contributed by atoms with Crippen molar-refractivity contribution in [2.75, 3.05) is 13.2 Å². The molecule has 0 aromatic heterocycles. The van der Waals surface area contributed by atoms with Crippen molar-refractivity contribution in [3.05, 3.63) is 28.8 Å². The molecule has 1 rings (SSSR count). The fourth-order valence-corrected chi connectivity index (χ4v) is 1.58. The molecule has 1 atom stereocenters. The summed E-state index contributed by atoms with van der Waals surface area (Å²) in [5, 5.41) is 11.8. The van der Waals surface area contributed by atoms with Crippen LogP contribution >= 0.6 is 11.6 Å². The van der Waals surface area contributed by atoms with Crippen LogP contribution in [0, 0.1) is 6.92 Å². The minimum Gasteiger partial charge on any atom is -0.482 e. The molecule has 0 saturated heterocycles. The first kappa shape index (κ1) is 13.8. The Balaban J connectivity index is 2.53. The van der Waals surface area contributed by atoms with Crippen LogP contribution in [0.25, 0.3) is 0 Å². The molecule has 1 amide bonds. The number of ether oxygens (including phenoxy) is 1. The highest BCUT2D eigenvalue weighted by atomic mass is 35.5. The van der Waals surface area contributed by atoms with E-state index in [-0.39, 0.29) is 25.2 Å². The molecule has 0 heterocycles. The van der Waals surface area contributed by atoms with E-state index >= 15 is 0 Å². The number of nitrogens with one attached hydrogen (secondary N) is 1. The maximum absolute atomic E-state index is 11.4. The van der Waals surface area contributed by atoms with Crippen LogP contribution in [0.3, 0.4) is 0 Å². The molecule has 4 nitrogen and oxygen atoms in total. The highest BCUT2D eigenvalue weighted by molar-refractivity contribution is 6.32. The molecule has 1 aromatic carbocycles. The summed E-state index contributed by atoms with van der Waals surface area (Å²) >= 11 is 5.95. The lowest BCUT2D eigenvalue weighted by Gasteiger charge is -2.13. The SMILES string of the molecule is Cc1cccc(Cl)c1OCC(=O)N[C@@H](C)CO. The Morgan fingerprint density at radius 3 is 2.88 bits per heavy atom. The highest BCUT2D eigenvalue weighted by Gasteiger charge is 2.09. The van der Waals surface area contributed by atoms with Crippen molar-refractivity contribution in [3.8, 4) is 5.75 Å². The summed E-state index contributed by atoms with van der Waals surface area (Å²) in [4.78, 5) is 11.4. The number of benzene rings is 1. The lowest BCUT2D eigenvalue weighted by molar-refractivity contribution is -0.123. The first-order chi connectivity index (χ1) is 8.04. The maximum Gasteiger partial charge on any atom is 0.258 e. The van der Waals surface area contributed by atoms with E-state index in [1.165, 1.54) is 0 Å². The average molecular weight is 258 g/mol. The number of para-hydroxylation sites is 1. The van der Waals surface area contributed by atoms with Crippen molar-refractivity contribution in [2.24, 2.45) is 0 Å². The Labute approximate surface area is 106 Å². The quantitative estimate of drug-likeness (QED) is 0.841. The Hall–Kier alpha value is -1.26. The lowest BCUT2D eigenvalue weighted by atomic mass is 10.2. The van der Waals surface area contributed by atoms with Gasteiger partial charge in [0, 0.05) is 6.04 Å². The number of rotatable bonds is 5. The van der Waals surface area contributed by atoms with Gasteiger partial charge in [0.2, 0.25) is 0 Å². The summed E-state index contributed by atoms with van der Waals surface area (Å²) in [6.45, 7) is 3.35. The number of aliphatic hydroxyl groups is 1. The minimum absolute atomic E-state index is 0.100. The van der Waals surface area contributed by atoms with Crippen LogP contribution in [0.4, 0.5) is 0 Å². The van der Waals surface area contributed by atoms with Crippen molar-refractivity contribution >= 4 is 17.5 Å². The first-order valence-corrected chi connectivity index (χ1v) is 5.70. The molecule has 0 unspecified atom stereocenters. The van der Waals surface area contributed by atoms with Crippen LogP contribution in [0.5, 0.6) is 5.75 Å². The van der Waals surface area contributed by atoms with Gasteiger partial charge in [-0.05, 0) is 25.5 Å². The molecule has 0 saturated carbocycles. The average Bonchev–Trinajstić information content (AvgIpc) is 2.28. The molecule has 0 aliphatic heterocycles. The minimum atomic E-state index is -0.286. The maximum atomic E-state index is 11.4. The zero-order valence-electron chi connectivity index (χ0n) is 9.87. The van der Waals surface area contributed by atoms with E-state index < -0.39 is 0 Å². The summed E-state index contributed by atoms with van der Waals surface area (Å²) in [5.41, 5.74) is 0.875. The van der Waals surface area contributed by atoms with Gasteiger partial charge in [0.25, 0.3) is 5.91 Å². The Morgan fingerprint density at radius 1 is 1.59 bits per heavy atom. The number of hydrogen-bond acceptors (Lipinski definition) is 3. The molecule has 17 heavy (non-hydrogen) atoms. The Bertz CT molecular complexity index is 375. The molecule has 1 aromatic rings. The van der Waals surface area contributed by atoms with Crippen LogP contribution in [0.15, 0.2) is 18.2 Å². The summed E-state index contributed by atoms with van der Waals surface area (Å²) in [6, 6.07) is 5.10. The number of halogens is 1. The molecule has 0 aliphatic carbocycles. The molecular formula is C12H16ClNO3. The second kappa shape index (κ2) is 6.47. The number of aryl methyl sites for hydroxylation is 1. The smallest absolute Gasteiger partial charge is 0.258 e. The zero-order valence-corrected chi connectivity index (χ0v) is 10.6. The second-order valence-electron chi connectivity index (χ2n) is 3.83. The van der Waals surface area contributed by atoms with Gasteiger partial charge < -0.3 is 15.2 Å². The third-order valence-corrected chi connectivity index (χ3v) is 2.49. The van der Waals surface area contributed by atoms with Crippen LogP contribution < -0.4 is 10.1 Å². The molecule has 2 N–H and O–H groups in total. The number of aliphatic hydroxyl groups excluding tert-OH is 1. The third-order valence-electron chi connectivity index (χ3n) is 2.19. The largest absolute Gasteiger partial charge is 0.482 e. The molecule has 5 heteroatoms. The van der Waals surface area contributed by atoms with Gasteiger partial charge in [0.05, 0.1) is 11.6 Å². The van der Waals surface area contributed by atoms with Crippen LogP contribution in [-0.4, -0.2) is 30.3 Å². The molecule has 0 fully saturated rings. The van der Waals surface area contributed by atoms with E-state index in [1.54, 1.807) is 13.0 Å². The number of amides is 1. The lowest BCUT2D eigenvalue weighted by Crippen LogP contribution is -2.38. The highest BCUT2D eigenvalue weighted by Crippen LogP contribution is 2.27. The van der Waals surface area contributed by atoms with Gasteiger partial charge in [-0.15, -0.1) is 0 Å². The van der Waals surface area contributed by atoms with Gasteiger partial charge in [-0.3, -0.25) is 4.79 Å². The fraction of sp³-hybridized carbons (Fsp3) is 0.417. The normalized spacial score (nSPS) is 12.0. The van der Waals surface area contributed by atoms with Crippen molar-refractivity contribution < 1.29 is 14.6 Å². The van der Waals surface area contributed by atoms with Crippen LogP contribution in [0.2, 0.25) is 5.02 Å². The van der Waals surface area contributed by atoms with Gasteiger partial charge in [0.15, 0.2) is 6.61 Å². The van der Waals surface area contributed by atoms with Crippen molar-refractivity contribution in [2.45, 2.75) is 19.9 Å². The summed E-state index contributed by atoms with van der Waals surface area (Å²) in [7, 11) is 0. The van der Waals surface area contributed by atoms with E-state index in [9.17, 15) is 4.79 Å². The molecule has 94 valence electrons. The standard InChI is InChI=1S/C12H16ClNO3/c1-8-4-3-5-10(13)12(8)17-7-11(16)14-9(2)6-15/h3-5,9,15H,6-7H2,1-2H3,(H,14,16)/t9-/m0/s1. The third kappa shape index (κ3) is 4.24. The van der Waals surface area contributed by atoms with E-state index in [2.05, 4.69) is 5.32 Å². The van der Waals surface area contributed by atoms with Gasteiger partial charge in [0.1, 0.15) is 5.75 Å². The zero-order chi connectivity index (χ0) is 12.8. The molecular weight excluding hydrogens is 242 g/mol. The van der Waals surface area contributed by atoms with Gasteiger partial charge >= 0.3 is 0 Å². The van der Waals surface area contributed by atoms with Gasteiger partial charge in [-0.1, -0.05) is 23.7 Å². The fourth-order valence-electron chi connectivity index (χ4n) is 1.30. The number of carbonyl (C=O) groups is 1. The number of hydrogen-bond donors (Lipinski definition) is 2. The van der Waals surface area contributed by atoms with E-state index in [1.807, 2.05) is 19.1 Å². The molecule has 0 radical (unpaired) electrons. The predicted molar refractivity (Wildman–Crippen MR) is 66.4 cm³/mol. The summed E-state index contributed by atoms with van der Waals surface area (Å²) in [5.74, 6) is 0.229. The van der Waals surface area contributed by atoms with Crippen molar-refractivity contribution in [1.82, 2.24) is 5.32 Å². The van der Waals surface area contributed by atoms with Crippen molar-refractivity contribution in [1.29, 1.82) is 0 Å². The summed E-state index contributed by atoms with van der Waals surface area (Å²) < 4.78 is 5.35. The first-order valence-electron chi connectivity index (χ1n) is 5.32. The Morgan fingerprint density at radius 2 is 2.29 bits per heavy atom.